The monoisotopic (exact) mass is 485 g/mol. The fraction of sp³-hybridized carbons (Fsp3) is 0.130. The number of nitrogens with one attached hydrogen (secondary N) is 3. The first-order valence-electron chi connectivity index (χ1n) is 10.1. The number of hydrogen-bond donors (Lipinski definition) is 3. The molecule has 0 atom stereocenters. The molecule has 0 unspecified atom stereocenters. The van der Waals surface area contributed by atoms with Gasteiger partial charge in [0.15, 0.2) is 5.75 Å². The van der Waals surface area contributed by atoms with E-state index in [-0.39, 0.29) is 27.8 Å². The van der Waals surface area contributed by atoms with Gasteiger partial charge in [0.25, 0.3) is 15.9 Å². The number of rotatable bonds is 6. The molecule has 1 aliphatic heterocycles. The molecule has 1 aliphatic rings. The molecule has 3 aromatic rings. The third kappa shape index (κ3) is 5.10. The van der Waals surface area contributed by atoms with E-state index in [1.807, 2.05) is 6.92 Å². The van der Waals surface area contributed by atoms with Crippen LogP contribution in [0.25, 0.3) is 0 Å². The summed E-state index contributed by atoms with van der Waals surface area (Å²) in [5, 5.41) is 5.86. The summed E-state index contributed by atoms with van der Waals surface area (Å²) in [7, 11) is -3.93. The Hall–Kier alpha value is -3.56. The molecule has 0 aromatic heterocycles. The molecule has 0 fully saturated rings. The number of sulfonamides is 1. The summed E-state index contributed by atoms with van der Waals surface area (Å²) in [5.41, 5.74) is 1.27. The molecule has 1 heterocycles. The molecule has 0 saturated carbocycles. The Bertz CT molecular complexity index is 1340. The Labute approximate surface area is 196 Å². The Morgan fingerprint density at radius 1 is 1.00 bits per heavy atom. The molecule has 2 amide bonds. The standard InChI is InChI=1S/C23H20ClN3O5S/c1-2-3-22(28)25-15-5-8-17(9-6-15)33(30,31)27-16-7-11-20-18(13-16)23(29)26-19-12-14(24)4-10-21(19)32-20/h4-13,27H,2-3H2,1H3,(H,25,28)(H,26,29). The molecular formula is C23H20ClN3O5S. The maximum atomic E-state index is 12.8. The summed E-state index contributed by atoms with van der Waals surface area (Å²) in [4.78, 5) is 24.4. The van der Waals surface area contributed by atoms with Crippen molar-refractivity contribution in [2.24, 2.45) is 0 Å². The van der Waals surface area contributed by atoms with Crippen LogP contribution in [-0.4, -0.2) is 20.2 Å². The minimum absolute atomic E-state index is 0.00804. The second-order valence-electron chi connectivity index (χ2n) is 7.34. The number of carbonyl (C=O) groups is 2. The lowest BCUT2D eigenvalue weighted by Crippen LogP contribution is -2.15. The van der Waals surface area contributed by atoms with Gasteiger partial charge in [-0.2, -0.15) is 0 Å². The van der Waals surface area contributed by atoms with Crippen molar-refractivity contribution in [3.05, 3.63) is 71.2 Å². The van der Waals surface area contributed by atoms with Gasteiger partial charge in [-0.25, -0.2) is 8.42 Å². The summed E-state index contributed by atoms with van der Waals surface area (Å²) >= 11 is 5.99. The Balaban J connectivity index is 1.54. The number of ether oxygens (including phenoxy) is 1. The zero-order valence-electron chi connectivity index (χ0n) is 17.5. The van der Waals surface area contributed by atoms with Gasteiger partial charge in [0.1, 0.15) is 5.75 Å². The van der Waals surface area contributed by atoms with Crippen LogP contribution in [0, 0.1) is 0 Å². The highest BCUT2D eigenvalue weighted by Gasteiger charge is 2.23. The predicted molar refractivity (Wildman–Crippen MR) is 127 cm³/mol. The highest BCUT2D eigenvalue weighted by atomic mass is 35.5. The van der Waals surface area contributed by atoms with Crippen molar-refractivity contribution in [2.45, 2.75) is 24.7 Å². The van der Waals surface area contributed by atoms with Gasteiger partial charge in [0, 0.05) is 22.8 Å². The van der Waals surface area contributed by atoms with Gasteiger partial charge in [-0.3, -0.25) is 14.3 Å². The number of benzene rings is 3. The summed E-state index contributed by atoms with van der Waals surface area (Å²) < 4.78 is 33.9. The number of fused-ring (bicyclic) bond motifs is 2. The van der Waals surface area contributed by atoms with Gasteiger partial charge < -0.3 is 15.4 Å². The van der Waals surface area contributed by atoms with Gasteiger partial charge in [0.05, 0.1) is 16.1 Å². The van der Waals surface area contributed by atoms with E-state index in [4.69, 9.17) is 16.3 Å². The topological polar surface area (TPSA) is 114 Å². The van der Waals surface area contributed by atoms with Crippen LogP contribution in [0.15, 0.2) is 65.6 Å². The summed E-state index contributed by atoms with van der Waals surface area (Å²) in [6, 6.07) is 15.1. The Morgan fingerprint density at radius 2 is 1.70 bits per heavy atom. The molecule has 0 radical (unpaired) electrons. The second-order valence-corrected chi connectivity index (χ2v) is 9.45. The number of halogens is 1. The largest absolute Gasteiger partial charge is 0.454 e. The molecular weight excluding hydrogens is 466 g/mol. The van der Waals surface area contributed by atoms with Gasteiger partial charge in [-0.1, -0.05) is 18.5 Å². The number of carbonyl (C=O) groups excluding carboxylic acids is 2. The first-order valence-corrected chi connectivity index (χ1v) is 12.0. The first-order chi connectivity index (χ1) is 15.7. The highest BCUT2D eigenvalue weighted by molar-refractivity contribution is 7.92. The maximum absolute atomic E-state index is 12.8. The SMILES string of the molecule is CCCC(=O)Nc1ccc(S(=O)(=O)Nc2ccc3c(c2)C(=O)Nc2cc(Cl)ccc2O3)cc1. The van der Waals surface area contributed by atoms with Crippen LogP contribution >= 0.6 is 11.6 Å². The fourth-order valence-electron chi connectivity index (χ4n) is 3.24. The third-order valence-corrected chi connectivity index (χ3v) is 6.44. The third-order valence-electron chi connectivity index (χ3n) is 4.81. The van der Waals surface area contributed by atoms with Crippen LogP contribution in [0.3, 0.4) is 0 Å². The zero-order chi connectivity index (χ0) is 23.6. The number of anilines is 3. The van der Waals surface area contributed by atoms with E-state index >= 15 is 0 Å². The molecule has 0 bridgehead atoms. The Morgan fingerprint density at radius 3 is 2.42 bits per heavy atom. The van der Waals surface area contributed by atoms with Crippen LogP contribution < -0.4 is 20.1 Å². The zero-order valence-corrected chi connectivity index (χ0v) is 19.1. The number of amides is 2. The molecule has 10 heteroatoms. The average molecular weight is 486 g/mol. The van der Waals surface area contributed by atoms with Gasteiger partial charge in [-0.15, -0.1) is 0 Å². The predicted octanol–water partition coefficient (Wildman–Crippen LogP) is 5.24. The van der Waals surface area contributed by atoms with E-state index < -0.39 is 15.9 Å². The van der Waals surface area contributed by atoms with Crippen LogP contribution in [-0.2, 0) is 14.8 Å². The van der Waals surface area contributed by atoms with E-state index in [2.05, 4.69) is 15.4 Å². The van der Waals surface area contributed by atoms with Gasteiger partial charge in [-0.05, 0) is 67.1 Å². The van der Waals surface area contributed by atoms with Crippen molar-refractivity contribution in [1.82, 2.24) is 0 Å². The second kappa shape index (κ2) is 9.13. The summed E-state index contributed by atoms with van der Waals surface area (Å²) in [5.74, 6) is 0.106. The molecule has 33 heavy (non-hydrogen) atoms. The average Bonchev–Trinajstić information content (AvgIpc) is 2.89. The smallest absolute Gasteiger partial charge is 0.261 e. The lowest BCUT2D eigenvalue weighted by Gasteiger charge is -2.12. The Kier molecular flexibility index (Phi) is 6.26. The van der Waals surface area contributed by atoms with Crippen molar-refractivity contribution in [3.63, 3.8) is 0 Å². The van der Waals surface area contributed by atoms with Crippen LogP contribution in [0.2, 0.25) is 5.02 Å². The summed E-state index contributed by atoms with van der Waals surface area (Å²) in [6.07, 6.45) is 1.10. The molecule has 8 nitrogen and oxygen atoms in total. The fourth-order valence-corrected chi connectivity index (χ4v) is 4.46. The van der Waals surface area contributed by atoms with E-state index in [9.17, 15) is 18.0 Å². The maximum Gasteiger partial charge on any atom is 0.261 e. The van der Waals surface area contributed by atoms with E-state index in [0.717, 1.165) is 0 Å². The van der Waals surface area contributed by atoms with Crippen molar-refractivity contribution in [3.8, 4) is 11.5 Å². The molecule has 4 rings (SSSR count). The molecule has 0 spiro atoms. The number of hydrogen-bond acceptors (Lipinski definition) is 5. The van der Waals surface area contributed by atoms with Crippen molar-refractivity contribution < 1.29 is 22.7 Å². The van der Waals surface area contributed by atoms with E-state index in [1.165, 1.54) is 42.5 Å². The molecule has 3 aromatic carbocycles. The first kappa shape index (κ1) is 22.6. The van der Waals surface area contributed by atoms with Gasteiger partial charge in [0.2, 0.25) is 5.91 Å². The van der Waals surface area contributed by atoms with Crippen LogP contribution in [0.1, 0.15) is 30.1 Å². The quantitative estimate of drug-likeness (QED) is 0.442. The lowest BCUT2D eigenvalue weighted by molar-refractivity contribution is -0.116. The lowest BCUT2D eigenvalue weighted by atomic mass is 10.1. The molecule has 170 valence electrons. The summed E-state index contributed by atoms with van der Waals surface area (Å²) in [6.45, 7) is 1.90. The molecule has 0 aliphatic carbocycles. The van der Waals surface area contributed by atoms with Crippen molar-refractivity contribution in [2.75, 3.05) is 15.4 Å². The minimum atomic E-state index is -3.93. The van der Waals surface area contributed by atoms with Crippen molar-refractivity contribution >= 4 is 50.5 Å². The molecule has 3 N–H and O–H groups in total. The van der Waals surface area contributed by atoms with Crippen LogP contribution in [0.4, 0.5) is 17.1 Å². The van der Waals surface area contributed by atoms with Crippen LogP contribution in [0.5, 0.6) is 11.5 Å². The van der Waals surface area contributed by atoms with E-state index in [0.29, 0.717) is 35.0 Å². The highest BCUT2D eigenvalue weighted by Crippen LogP contribution is 2.38. The normalized spacial score (nSPS) is 12.5. The minimum Gasteiger partial charge on any atom is -0.454 e. The van der Waals surface area contributed by atoms with Gasteiger partial charge >= 0.3 is 0 Å². The van der Waals surface area contributed by atoms with Crippen molar-refractivity contribution in [1.29, 1.82) is 0 Å². The van der Waals surface area contributed by atoms with E-state index in [1.54, 1.807) is 18.2 Å². The molecule has 0 saturated heterocycles.